The maximum absolute atomic E-state index is 5.15. The molecule has 5 heteroatoms. The average molecular weight is 247 g/mol. The van der Waals surface area contributed by atoms with Crippen LogP contribution in [0, 0.1) is 0 Å². The van der Waals surface area contributed by atoms with Gasteiger partial charge in [0, 0.05) is 4.88 Å². The lowest BCUT2D eigenvalue weighted by atomic mass is 10.0. The number of fused-ring (bicyclic) bond motifs is 1. The summed E-state index contributed by atoms with van der Waals surface area (Å²) in [5.41, 5.74) is 4.20. The van der Waals surface area contributed by atoms with Crippen LogP contribution in [-0.2, 0) is 12.8 Å². The van der Waals surface area contributed by atoms with E-state index >= 15 is 0 Å². The van der Waals surface area contributed by atoms with Crippen LogP contribution in [0.1, 0.15) is 29.2 Å². The molecular weight excluding hydrogens is 234 g/mol. The third-order valence-corrected chi connectivity index (χ3v) is 3.80. The van der Waals surface area contributed by atoms with Crippen molar-refractivity contribution in [1.29, 1.82) is 0 Å². The number of hydrogen-bond donors (Lipinski definition) is 1. The van der Waals surface area contributed by atoms with Crippen LogP contribution in [0.25, 0.3) is 0 Å². The predicted octanol–water partition coefficient (Wildman–Crippen LogP) is 3.06. The van der Waals surface area contributed by atoms with Crippen molar-refractivity contribution in [3.8, 4) is 0 Å². The summed E-state index contributed by atoms with van der Waals surface area (Å²) in [5.74, 6) is 0.735. The maximum atomic E-state index is 5.15. The standard InChI is InChI=1S/C12H13N3OS/c1-2-6-11-10(5-1)14-12(17-11)15-13-8-9-4-3-7-16-9/h3-4,7-8H,1-2,5-6H2,(H,14,15)/b13-8-. The Morgan fingerprint density at radius 2 is 2.35 bits per heavy atom. The smallest absolute Gasteiger partial charge is 0.203 e. The van der Waals surface area contributed by atoms with Gasteiger partial charge >= 0.3 is 0 Å². The summed E-state index contributed by atoms with van der Waals surface area (Å²) < 4.78 is 5.15. The Balaban J connectivity index is 1.67. The number of nitrogens with zero attached hydrogens (tertiary/aromatic N) is 2. The van der Waals surface area contributed by atoms with E-state index < -0.39 is 0 Å². The number of hydrazone groups is 1. The summed E-state index contributed by atoms with van der Waals surface area (Å²) >= 11 is 1.71. The van der Waals surface area contributed by atoms with E-state index in [1.54, 1.807) is 23.8 Å². The van der Waals surface area contributed by atoms with Crippen molar-refractivity contribution in [1.82, 2.24) is 4.98 Å². The molecule has 2 aromatic rings. The van der Waals surface area contributed by atoms with Gasteiger partial charge < -0.3 is 4.42 Å². The van der Waals surface area contributed by atoms with Gasteiger partial charge in [-0.25, -0.2) is 4.98 Å². The zero-order chi connectivity index (χ0) is 11.5. The number of aromatic nitrogens is 1. The van der Waals surface area contributed by atoms with Crippen LogP contribution in [0.15, 0.2) is 27.9 Å². The zero-order valence-corrected chi connectivity index (χ0v) is 10.2. The third kappa shape index (κ3) is 2.39. The van der Waals surface area contributed by atoms with E-state index in [4.69, 9.17) is 4.42 Å². The molecule has 0 aliphatic heterocycles. The molecule has 0 bridgehead atoms. The van der Waals surface area contributed by atoms with Gasteiger partial charge in [-0.2, -0.15) is 5.10 Å². The summed E-state index contributed by atoms with van der Waals surface area (Å²) in [5, 5.41) is 4.98. The van der Waals surface area contributed by atoms with Gasteiger partial charge in [-0.05, 0) is 37.8 Å². The van der Waals surface area contributed by atoms with E-state index in [0.717, 1.165) is 23.7 Å². The first-order valence-electron chi connectivity index (χ1n) is 5.73. The lowest BCUT2D eigenvalue weighted by Gasteiger charge is -2.06. The maximum Gasteiger partial charge on any atom is 0.203 e. The van der Waals surface area contributed by atoms with Crippen LogP contribution in [0.3, 0.4) is 0 Å². The fourth-order valence-electron chi connectivity index (χ4n) is 1.92. The quantitative estimate of drug-likeness (QED) is 0.670. The van der Waals surface area contributed by atoms with E-state index in [9.17, 15) is 0 Å². The van der Waals surface area contributed by atoms with Crippen LogP contribution in [0.5, 0.6) is 0 Å². The molecule has 1 aliphatic rings. The fraction of sp³-hybridized carbons (Fsp3) is 0.333. The SMILES string of the molecule is C(=N/Nc1nc2c(s1)CCCC2)/c1ccco1. The Morgan fingerprint density at radius 1 is 1.41 bits per heavy atom. The number of anilines is 1. The second-order valence-corrected chi connectivity index (χ2v) is 5.07. The molecule has 0 atom stereocenters. The molecule has 2 aromatic heterocycles. The number of nitrogens with one attached hydrogen (secondary N) is 1. The van der Waals surface area contributed by atoms with Crippen molar-refractivity contribution in [2.24, 2.45) is 5.10 Å². The molecule has 88 valence electrons. The fourth-order valence-corrected chi connectivity index (χ4v) is 2.92. The molecule has 1 aliphatic carbocycles. The number of thiazole rings is 1. The molecule has 0 fully saturated rings. The minimum absolute atomic E-state index is 0.735. The molecular formula is C12H13N3OS. The minimum atomic E-state index is 0.735. The third-order valence-electron chi connectivity index (χ3n) is 2.74. The van der Waals surface area contributed by atoms with Crippen LogP contribution in [-0.4, -0.2) is 11.2 Å². The summed E-state index contributed by atoms with van der Waals surface area (Å²) in [6.07, 6.45) is 8.09. The Morgan fingerprint density at radius 3 is 3.18 bits per heavy atom. The topological polar surface area (TPSA) is 50.4 Å². The first kappa shape index (κ1) is 10.5. The van der Waals surface area contributed by atoms with E-state index in [0.29, 0.717) is 0 Å². The summed E-state index contributed by atoms with van der Waals surface area (Å²) in [7, 11) is 0. The second kappa shape index (κ2) is 4.71. The van der Waals surface area contributed by atoms with Crippen molar-refractivity contribution < 1.29 is 4.42 Å². The van der Waals surface area contributed by atoms with E-state index in [2.05, 4.69) is 15.5 Å². The molecule has 2 heterocycles. The van der Waals surface area contributed by atoms with Crippen molar-refractivity contribution in [2.45, 2.75) is 25.7 Å². The molecule has 0 spiro atoms. The highest BCUT2D eigenvalue weighted by Crippen LogP contribution is 2.29. The van der Waals surface area contributed by atoms with Crippen molar-refractivity contribution >= 4 is 22.7 Å². The van der Waals surface area contributed by atoms with Gasteiger partial charge in [0.05, 0.1) is 18.2 Å². The van der Waals surface area contributed by atoms with E-state index in [-0.39, 0.29) is 0 Å². The predicted molar refractivity (Wildman–Crippen MR) is 68.7 cm³/mol. The van der Waals surface area contributed by atoms with E-state index in [1.165, 1.54) is 23.4 Å². The summed E-state index contributed by atoms with van der Waals surface area (Å²) in [6.45, 7) is 0. The van der Waals surface area contributed by atoms with E-state index in [1.807, 2.05) is 12.1 Å². The van der Waals surface area contributed by atoms with Gasteiger partial charge in [-0.1, -0.05) is 0 Å². The van der Waals surface area contributed by atoms with Crippen LogP contribution < -0.4 is 5.43 Å². The molecule has 0 saturated heterocycles. The number of aryl methyl sites for hydroxylation is 2. The van der Waals surface area contributed by atoms with Crippen molar-refractivity contribution in [3.05, 3.63) is 34.7 Å². The average Bonchev–Trinajstić information content (AvgIpc) is 2.96. The van der Waals surface area contributed by atoms with Crippen molar-refractivity contribution in [3.63, 3.8) is 0 Å². The first-order valence-corrected chi connectivity index (χ1v) is 6.54. The molecule has 3 rings (SSSR count). The highest BCUT2D eigenvalue weighted by Gasteiger charge is 2.14. The summed E-state index contributed by atoms with van der Waals surface area (Å²) in [6, 6.07) is 3.70. The van der Waals surface area contributed by atoms with Gasteiger partial charge in [-0.3, -0.25) is 5.43 Å². The molecule has 17 heavy (non-hydrogen) atoms. The molecule has 0 amide bonds. The normalized spacial score (nSPS) is 15.1. The Labute approximate surface area is 103 Å². The lowest BCUT2D eigenvalue weighted by molar-refractivity contribution is 0.560. The monoisotopic (exact) mass is 247 g/mol. The Hall–Kier alpha value is -1.62. The minimum Gasteiger partial charge on any atom is -0.463 e. The number of hydrogen-bond acceptors (Lipinski definition) is 5. The first-order chi connectivity index (χ1) is 8.42. The molecule has 0 saturated carbocycles. The lowest BCUT2D eigenvalue weighted by Crippen LogP contribution is -1.99. The van der Waals surface area contributed by atoms with Gasteiger partial charge in [0.25, 0.3) is 0 Å². The molecule has 0 aromatic carbocycles. The van der Waals surface area contributed by atoms with Crippen molar-refractivity contribution in [2.75, 3.05) is 5.43 Å². The Bertz CT molecular complexity index is 492. The van der Waals surface area contributed by atoms with Gasteiger partial charge in [0.2, 0.25) is 5.13 Å². The number of rotatable bonds is 3. The highest BCUT2D eigenvalue weighted by atomic mass is 32.1. The van der Waals surface area contributed by atoms with Gasteiger partial charge in [0.1, 0.15) is 5.76 Å². The van der Waals surface area contributed by atoms with Crippen LogP contribution >= 0.6 is 11.3 Å². The van der Waals surface area contributed by atoms with Crippen LogP contribution in [0.4, 0.5) is 5.13 Å². The number of furan rings is 1. The Kier molecular flexibility index (Phi) is 2.92. The molecule has 0 unspecified atom stereocenters. The van der Waals surface area contributed by atoms with Gasteiger partial charge in [-0.15, -0.1) is 11.3 Å². The highest BCUT2D eigenvalue weighted by molar-refractivity contribution is 7.15. The largest absolute Gasteiger partial charge is 0.463 e. The zero-order valence-electron chi connectivity index (χ0n) is 9.35. The molecule has 4 nitrogen and oxygen atoms in total. The second-order valence-electron chi connectivity index (χ2n) is 3.98. The molecule has 0 radical (unpaired) electrons. The van der Waals surface area contributed by atoms with Crippen LogP contribution in [0.2, 0.25) is 0 Å². The molecule has 1 N–H and O–H groups in total. The van der Waals surface area contributed by atoms with Gasteiger partial charge in [0.15, 0.2) is 0 Å². The summed E-state index contributed by atoms with van der Waals surface area (Å²) in [4.78, 5) is 5.94.